The highest BCUT2D eigenvalue weighted by Crippen LogP contribution is 2.24. The molecular formula is C12H15N5O2S. The van der Waals surface area contributed by atoms with E-state index in [4.69, 9.17) is 10.3 Å². The highest BCUT2D eigenvalue weighted by molar-refractivity contribution is 8.00. The summed E-state index contributed by atoms with van der Waals surface area (Å²) in [6, 6.07) is 3.48. The molecule has 1 atom stereocenters. The largest absolute Gasteiger partial charge is 0.461 e. The van der Waals surface area contributed by atoms with Gasteiger partial charge in [-0.3, -0.25) is 4.79 Å². The molecule has 0 radical (unpaired) electrons. The molecule has 8 heteroatoms. The molecule has 0 unspecified atom stereocenters. The Kier molecular flexibility index (Phi) is 4.46. The summed E-state index contributed by atoms with van der Waals surface area (Å²) in [5.41, 5.74) is 0. The molecular weight excluding hydrogens is 278 g/mol. The van der Waals surface area contributed by atoms with Crippen molar-refractivity contribution in [1.82, 2.24) is 20.2 Å². The lowest BCUT2D eigenvalue weighted by Crippen LogP contribution is -2.31. The van der Waals surface area contributed by atoms with Crippen LogP contribution in [0.2, 0.25) is 0 Å². The molecule has 0 spiro atoms. The van der Waals surface area contributed by atoms with E-state index in [1.54, 1.807) is 25.1 Å². The Labute approximate surface area is 120 Å². The fraction of sp³-hybridized carbons (Fsp3) is 0.250. The van der Waals surface area contributed by atoms with Crippen LogP contribution in [0.4, 0.5) is 0 Å². The van der Waals surface area contributed by atoms with Crippen LogP contribution in [0.25, 0.3) is 11.6 Å². The van der Waals surface area contributed by atoms with Crippen LogP contribution < -0.4 is 11.2 Å². The summed E-state index contributed by atoms with van der Waals surface area (Å²) < 4.78 is 6.52. The van der Waals surface area contributed by atoms with E-state index in [1.165, 1.54) is 22.7 Å². The van der Waals surface area contributed by atoms with Gasteiger partial charge in [-0.1, -0.05) is 17.8 Å². The molecule has 0 bridgehead atoms. The third-order valence-electron chi connectivity index (χ3n) is 2.48. The minimum absolute atomic E-state index is 0.113. The van der Waals surface area contributed by atoms with Gasteiger partial charge >= 0.3 is 0 Å². The fourth-order valence-electron chi connectivity index (χ4n) is 1.46. The van der Waals surface area contributed by atoms with Crippen molar-refractivity contribution in [3.8, 4) is 11.6 Å². The molecule has 0 aliphatic rings. The SMILES string of the molecule is C=CCNC(=O)[C@@H](C)Sc1nnc(-c2ccco2)n1N. The molecule has 0 saturated carbocycles. The zero-order valence-electron chi connectivity index (χ0n) is 10.9. The fourth-order valence-corrected chi connectivity index (χ4v) is 2.25. The second-order valence-corrected chi connectivity index (χ2v) is 5.26. The number of carbonyl (C=O) groups is 1. The van der Waals surface area contributed by atoms with Crippen LogP contribution in [0.5, 0.6) is 0 Å². The van der Waals surface area contributed by atoms with E-state index in [2.05, 4.69) is 22.1 Å². The molecule has 0 aliphatic carbocycles. The molecule has 7 nitrogen and oxygen atoms in total. The summed E-state index contributed by atoms with van der Waals surface area (Å²) >= 11 is 1.22. The van der Waals surface area contributed by atoms with Gasteiger partial charge in [-0.05, 0) is 19.1 Å². The summed E-state index contributed by atoms with van der Waals surface area (Å²) in [7, 11) is 0. The van der Waals surface area contributed by atoms with Gasteiger partial charge in [-0.2, -0.15) is 0 Å². The van der Waals surface area contributed by atoms with E-state index in [1.807, 2.05) is 0 Å². The lowest BCUT2D eigenvalue weighted by molar-refractivity contribution is -0.120. The zero-order valence-corrected chi connectivity index (χ0v) is 11.8. The molecule has 2 heterocycles. The quantitative estimate of drug-likeness (QED) is 0.469. The van der Waals surface area contributed by atoms with Crippen molar-refractivity contribution < 1.29 is 9.21 Å². The number of carbonyl (C=O) groups excluding carboxylic acids is 1. The summed E-state index contributed by atoms with van der Waals surface area (Å²) in [6.45, 7) is 5.74. The number of thioether (sulfide) groups is 1. The lowest BCUT2D eigenvalue weighted by atomic mass is 10.4. The van der Waals surface area contributed by atoms with Gasteiger partial charge in [0, 0.05) is 6.54 Å². The average Bonchev–Trinajstić information content (AvgIpc) is 3.07. The molecule has 0 saturated heterocycles. The zero-order chi connectivity index (χ0) is 14.5. The highest BCUT2D eigenvalue weighted by atomic mass is 32.2. The molecule has 3 N–H and O–H groups in total. The third-order valence-corrected chi connectivity index (χ3v) is 3.53. The molecule has 2 aromatic rings. The number of amides is 1. The molecule has 0 fully saturated rings. The predicted octanol–water partition coefficient (Wildman–Crippen LogP) is 1.03. The number of nitrogens with two attached hydrogens (primary N) is 1. The molecule has 2 aromatic heterocycles. The first kappa shape index (κ1) is 14.2. The minimum Gasteiger partial charge on any atom is -0.461 e. The van der Waals surface area contributed by atoms with Gasteiger partial charge in [0.05, 0.1) is 11.5 Å². The van der Waals surface area contributed by atoms with Crippen molar-refractivity contribution in [1.29, 1.82) is 0 Å². The molecule has 1 amide bonds. The summed E-state index contributed by atoms with van der Waals surface area (Å²) in [6.07, 6.45) is 3.15. The molecule has 0 aliphatic heterocycles. The van der Waals surface area contributed by atoms with Crippen molar-refractivity contribution in [3.63, 3.8) is 0 Å². The Morgan fingerprint density at radius 2 is 2.50 bits per heavy atom. The van der Waals surface area contributed by atoms with Gasteiger partial charge in [0.2, 0.25) is 16.9 Å². The van der Waals surface area contributed by atoms with Crippen molar-refractivity contribution in [3.05, 3.63) is 31.1 Å². The maximum absolute atomic E-state index is 11.8. The maximum Gasteiger partial charge on any atom is 0.233 e. The Hall–Kier alpha value is -2.22. The van der Waals surface area contributed by atoms with Crippen LogP contribution in [0.1, 0.15) is 6.92 Å². The van der Waals surface area contributed by atoms with Gasteiger partial charge in [-0.25, -0.2) is 4.68 Å². The first-order valence-electron chi connectivity index (χ1n) is 5.93. The van der Waals surface area contributed by atoms with Crippen molar-refractivity contribution in [2.75, 3.05) is 12.4 Å². The number of hydrogen-bond acceptors (Lipinski definition) is 6. The smallest absolute Gasteiger partial charge is 0.233 e. The van der Waals surface area contributed by atoms with Crippen molar-refractivity contribution >= 4 is 17.7 Å². The number of nitrogens with one attached hydrogen (secondary N) is 1. The van der Waals surface area contributed by atoms with Crippen molar-refractivity contribution in [2.24, 2.45) is 0 Å². The number of hydrogen-bond donors (Lipinski definition) is 2. The van der Waals surface area contributed by atoms with Crippen LogP contribution in [-0.4, -0.2) is 32.6 Å². The Morgan fingerprint density at radius 1 is 1.70 bits per heavy atom. The molecule has 20 heavy (non-hydrogen) atoms. The number of nitrogens with zero attached hydrogens (tertiary/aromatic N) is 3. The predicted molar refractivity (Wildman–Crippen MR) is 76.4 cm³/mol. The second-order valence-electron chi connectivity index (χ2n) is 3.95. The molecule has 106 valence electrons. The highest BCUT2D eigenvalue weighted by Gasteiger charge is 2.20. The summed E-state index contributed by atoms with van der Waals surface area (Å²) in [5, 5.41) is 10.7. The van der Waals surface area contributed by atoms with E-state index in [0.717, 1.165) is 0 Å². The van der Waals surface area contributed by atoms with Crippen LogP contribution in [0.3, 0.4) is 0 Å². The third kappa shape index (κ3) is 3.02. The van der Waals surface area contributed by atoms with Gasteiger partial charge in [0.1, 0.15) is 0 Å². The lowest BCUT2D eigenvalue weighted by Gasteiger charge is -2.09. The number of furan rings is 1. The van der Waals surface area contributed by atoms with E-state index in [-0.39, 0.29) is 11.2 Å². The van der Waals surface area contributed by atoms with Crippen LogP contribution >= 0.6 is 11.8 Å². The van der Waals surface area contributed by atoms with E-state index in [9.17, 15) is 4.79 Å². The van der Waals surface area contributed by atoms with Crippen LogP contribution in [0.15, 0.2) is 40.6 Å². The first-order valence-corrected chi connectivity index (χ1v) is 6.81. The van der Waals surface area contributed by atoms with Gasteiger partial charge in [0.25, 0.3) is 0 Å². The standard InChI is InChI=1S/C12H15N5O2S/c1-3-6-14-11(18)8(2)20-12-16-15-10(17(12)13)9-5-4-7-19-9/h3-5,7-8H,1,6,13H2,2H3,(H,14,18)/t8-/m1/s1. The Bertz CT molecular complexity index is 593. The maximum atomic E-state index is 11.8. The van der Waals surface area contributed by atoms with E-state index in [0.29, 0.717) is 23.3 Å². The Morgan fingerprint density at radius 3 is 3.15 bits per heavy atom. The van der Waals surface area contributed by atoms with E-state index < -0.39 is 0 Å². The summed E-state index contributed by atoms with van der Waals surface area (Å²) in [5.74, 6) is 6.73. The average molecular weight is 293 g/mol. The summed E-state index contributed by atoms with van der Waals surface area (Å²) in [4.78, 5) is 11.8. The van der Waals surface area contributed by atoms with Crippen molar-refractivity contribution in [2.45, 2.75) is 17.3 Å². The minimum atomic E-state index is -0.342. The number of rotatable bonds is 6. The van der Waals surface area contributed by atoms with Crippen LogP contribution in [0, 0.1) is 0 Å². The van der Waals surface area contributed by atoms with Gasteiger partial charge in [-0.15, -0.1) is 16.8 Å². The number of nitrogen functional groups attached to an aromatic ring is 1. The topological polar surface area (TPSA) is 99.0 Å². The van der Waals surface area contributed by atoms with Gasteiger partial charge in [0.15, 0.2) is 5.76 Å². The Balaban J connectivity index is 2.07. The molecule has 2 rings (SSSR count). The second kappa shape index (κ2) is 6.29. The van der Waals surface area contributed by atoms with Crippen LogP contribution in [-0.2, 0) is 4.79 Å². The van der Waals surface area contributed by atoms with E-state index >= 15 is 0 Å². The normalized spacial score (nSPS) is 12.1. The monoisotopic (exact) mass is 293 g/mol. The molecule has 0 aromatic carbocycles. The first-order chi connectivity index (χ1) is 9.63. The number of aromatic nitrogens is 3. The van der Waals surface area contributed by atoms with Gasteiger partial charge < -0.3 is 15.6 Å².